The van der Waals surface area contributed by atoms with E-state index in [2.05, 4.69) is 10.2 Å². The third-order valence-corrected chi connectivity index (χ3v) is 3.99. The summed E-state index contributed by atoms with van der Waals surface area (Å²) >= 11 is 0. The Bertz CT molecular complexity index is 403. The normalized spacial score (nSPS) is 24.6. The highest BCUT2D eigenvalue weighted by atomic mass is 19.1. The van der Waals surface area contributed by atoms with E-state index in [0.717, 1.165) is 31.2 Å². The van der Waals surface area contributed by atoms with E-state index in [1.54, 1.807) is 12.1 Å². The molecule has 0 spiro atoms. The Kier molecular flexibility index (Phi) is 3.62. The fourth-order valence-corrected chi connectivity index (χ4v) is 2.79. The lowest BCUT2D eigenvalue weighted by Crippen LogP contribution is -2.38. The van der Waals surface area contributed by atoms with Crippen LogP contribution in [0.25, 0.3) is 0 Å². The Morgan fingerprint density at radius 1 is 1.28 bits per heavy atom. The van der Waals surface area contributed by atoms with Crippen molar-refractivity contribution in [2.24, 2.45) is 0 Å². The first kappa shape index (κ1) is 12.1. The number of nitrogens with zero attached hydrogens (tertiary/aromatic N) is 1. The van der Waals surface area contributed by atoms with Crippen LogP contribution in [-0.4, -0.2) is 30.1 Å². The monoisotopic (exact) mass is 248 g/mol. The first-order valence-corrected chi connectivity index (χ1v) is 7.03. The van der Waals surface area contributed by atoms with Crippen molar-refractivity contribution in [2.45, 2.75) is 44.3 Å². The summed E-state index contributed by atoms with van der Waals surface area (Å²) in [7, 11) is 0. The van der Waals surface area contributed by atoms with E-state index in [1.165, 1.54) is 31.7 Å². The van der Waals surface area contributed by atoms with Crippen LogP contribution < -0.4 is 5.32 Å². The smallest absolute Gasteiger partial charge is 0.123 e. The van der Waals surface area contributed by atoms with Gasteiger partial charge < -0.3 is 5.32 Å². The van der Waals surface area contributed by atoms with Crippen LogP contribution in [0.15, 0.2) is 24.3 Å². The lowest BCUT2D eigenvalue weighted by Gasteiger charge is -2.24. The molecule has 98 valence electrons. The second kappa shape index (κ2) is 5.37. The predicted molar refractivity (Wildman–Crippen MR) is 70.9 cm³/mol. The molecular weight excluding hydrogens is 227 g/mol. The largest absolute Gasteiger partial charge is 0.312 e. The van der Waals surface area contributed by atoms with Crippen LogP contribution in [0, 0.1) is 5.82 Å². The SMILES string of the molecule is Fc1cccc(CN2CCCC2CNC2CC2)c1. The minimum atomic E-state index is -0.126. The van der Waals surface area contributed by atoms with Crippen molar-refractivity contribution < 1.29 is 4.39 Å². The first-order chi connectivity index (χ1) is 8.81. The molecule has 1 aromatic carbocycles. The minimum absolute atomic E-state index is 0.126. The Hall–Kier alpha value is -0.930. The summed E-state index contributed by atoms with van der Waals surface area (Å²) in [5.74, 6) is -0.126. The van der Waals surface area contributed by atoms with E-state index in [9.17, 15) is 4.39 Å². The molecule has 0 bridgehead atoms. The van der Waals surface area contributed by atoms with Crippen molar-refractivity contribution in [3.8, 4) is 0 Å². The van der Waals surface area contributed by atoms with Crippen molar-refractivity contribution >= 4 is 0 Å². The Morgan fingerprint density at radius 2 is 2.17 bits per heavy atom. The summed E-state index contributed by atoms with van der Waals surface area (Å²) < 4.78 is 13.2. The summed E-state index contributed by atoms with van der Waals surface area (Å²) in [6.45, 7) is 3.13. The fraction of sp³-hybridized carbons (Fsp3) is 0.600. The predicted octanol–water partition coefficient (Wildman–Crippen LogP) is 2.54. The van der Waals surface area contributed by atoms with Gasteiger partial charge in [0.2, 0.25) is 0 Å². The van der Waals surface area contributed by atoms with Crippen molar-refractivity contribution in [3.05, 3.63) is 35.6 Å². The van der Waals surface area contributed by atoms with Gasteiger partial charge in [0.1, 0.15) is 5.82 Å². The summed E-state index contributed by atoms with van der Waals surface area (Å²) in [6.07, 6.45) is 5.23. The topological polar surface area (TPSA) is 15.3 Å². The number of halogens is 1. The molecule has 2 aliphatic rings. The van der Waals surface area contributed by atoms with Crippen molar-refractivity contribution in [2.75, 3.05) is 13.1 Å². The van der Waals surface area contributed by atoms with Gasteiger partial charge in [0.05, 0.1) is 0 Å². The molecule has 0 amide bonds. The zero-order chi connectivity index (χ0) is 12.4. The van der Waals surface area contributed by atoms with E-state index < -0.39 is 0 Å². The third-order valence-electron chi connectivity index (χ3n) is 3.99. The van der Waals surface area contributed by atoms with Crippen LogP contribution in [0.1, 0.15) is 31.2 Å². The zero-order valence-corrected chi connectivity index (χ0v) is 10.7. The van der Waals surface area contributed by atoms with Crippen molar-refractivity contribution in [1.29, 1.82) is 0 Å². The average molecular weight is 248 g/mol. The Balaban J connectivity index is 1.56. The van der Waals surface area contributed by atoms with Gasteiger partial charge in [-0.15, -0.1) is 0 Å². The molecule has 0 aromatic heterocycles. The second-order valence-electron chi connectivity index (χ2n) is 5.58. The molecule has 1 atom stereocenters. The maximum absolute atomic E-state index is 13.2. The van der Waals surface area contributed by atoms with Crippen LogP contribution in [0.2, 0.25) is 0 Å². The quantitative estimate of drug-likeness (QED) is 0.861. The van der Waals surface area contributed by atoms with E-state index in [4.69, 9.17) is 0 Å². The van der Waals surface area contributed by atoms with Gasteiger partial charge in [0, 0.05) is 25.2 Å². The molecule has 1 saturated heterocycles. The molecular formula is C15H21FN2. The molecule has 2 nitrogen and oxygen atoms in total. The number of nitrogens with one attached hydrogen (secondary N) is 1. The van der Waals surface area contributed by atoms with Crippen LogP contribution in [0.4, 0.5) is 4.39 Å². The molecule has 1 aliphatic carbocycles. The summed E-state index contributed by atoms with van der Waals surface area (Å²) in [6, 6.07) is 8.41. The fourth-order valence-electron chi connectivity index (χ4n) is 2.79. The summed E-state index contributed by atoms with van der Waals surface area (Å²) in [5, 5.41) is 3.61. The number of benzene rings is 1. The molecule has 1 aliphatic heterocycles. The van der Waals surface area contributed by atoms with E-state index in [0.29, 0.717) is 6.04 Å². The molecule has 1 unspecified atom stereocenters. The minimum Gasteiger partial charge on any atom is -0.312 e. The highest BCUT2D eigenvalue weighted by molar-refractivity contribution is 5.16. The molecule has 1 saturated carbocycles. The molecule has 18 heavy (non-hydrogen) atoms. The van der Waals surface area contributed by atoms with Gasteiger partial charge in [-0.25, -0.2) is 4.39 Å². The Morgan fingerprint density at radius 3 is 2.94 bits per heavy atom. The first-order valence-electron chi connectivity index (χ1n) is 7.03. The highest BCUT2D eigenvalue weighted by Crippen LogP contribution is 2.23. The maximum Gasteiger partial charge on any atom is 0.123 e. The summed E-state index contributed by atoms with van der Waals surface area (Å²) in [5.41, 5.74) is 1.09. The van der Waals surface area contributed by atoms with Gasteiger partial charge in [-0.2, -0.15) is 0 Å². The molecule has 1 heterocycles. The molecule has 1 aromatic rings. The number of hydrogen-bond acceptors (Lipinski definition) is 2. The van der Waals surface area contributed by atoms with E-state index in [-0.39, 0.29) is 5.82 Å². The van der Waals surface area contributed by atoms with Crippen LogP contribution in [0.5, 0.6) is 0 Å². The molecule has 3 heteroatoms. The van der Waals surface area contributed by atoms with Gasteiger partial charge in [0.25, 0.3) is 0 Å². The average Bonchev–Trinajstić information content (AvgIpc) is 3.08. The van der Waals surface area contributed by atoms with Crippen LogP contribution in [0.3, 0.4) is 0 Å². The number of rotatable bonds is 5. The van der Waals surface area contributed by atoms with Crippen LogP contribution >= 0.6 is 0 Å². The Labute approximate surface area is 108 Å². The van der Waals surface area contributed by atoms with Gasteiger partial charge in [-0.05, 0) is 49.9 Å². The standard InChI is InChI=1S/C15H21FN2/c16-13-4-1-3-12(9-13)11-18-8-2-5-15(18)10-17-14-6-7-14/h1,3-4,9,14-15,17H,2,5-8,10-11H2. The summed E-state index contributed by atoms with van der Waals surface area (Å²) in [4.78, 5) is 2.49. The van der Waals surface area contributed by atoms with Gasteiger partial charge in [-0.1, -0.05) is 12.1 Å². The van der Waals surface area contributed by atoms with E-state index >= 15 is 0 Å². The zero-order valence-electron chi connectivity index (χ0n) is 10.7. The maximum atomic E-state index is 13.2. The molecule has 1 N–H and O–H groups in total. The molecule has 2 fully saturated rings. The lowest BCUT2D eigenvalue weighted by molar-refractivity contribution is 0.238. The highest BCUT2D eigenvalue weighted by Gasteiger charge is 2.27. The lowest BCUT2D eigenvalue weighted by atomic mass is 10.1. The van der Waals surface area contributed by atoms with Gasteiger partial charge >= 0.3 is 0 Å². The third kappa shape index (κ3) is 3.09. The van der Waals surface area contributed by atoms with E-state index in [1.807, 2.05) is 6.07 Å². The van der Waals surface area contributed by atoms with Gasteiger partial charge in [0.15, 0.2) is 0 Å². The van der Waals surface area contributed by atoms with Gasteiger partial charge in [-0.3, -0.25) is 4.90 Å². The van der Waals surface area contributed by atoms with Crippen LogP contribution in [-0.2, 0) is 6.54 Å². The molecule has 0 radical (unpaired) electrons. The number of hydrogen-bond donors (Lipinski definition) is 1. The van der Waals surface area contributed by atoms with Crippen molar-refractivity contribution in [1.82, 2.24) is 10.2 Å². The second-order valence-corrected chi connectivity index (χ2v) is 5.58. The number of likely N-dealkylation sites (tertiary alicyclic amines) is 1. The molecule has 3 rings (SSSR count). The van der Waals surface area contributed by atoms with Crippen molar-refractivity contribution in [3.63, 3.8) is 0 Å².